The first-order valence-corrected chi connectivity index (χ1v) is 6.97. The second-order valence-electron chi connectivity index (χ2n) is 3.57. The molecule has 19 heavy (non-hydrogen) atoms. The van der Waals surface area contributed by atoms with E-state index in [0.29, 0.717) is 0 Å². The van der Waals surface area contributed by atoms with Crippen LogP contribution in [0.1, 0.15) is 22.4 Å². The van der Waals surface area contributed by atoms with Crippen molar-refractivity contribution in [1.82, 2.24) is 4.98 Å². The van der Waals surface area contributed by atoms with Crippen LogP contribution in [-0.4, -0.2) is 26.3 Å². The van der Waals surface area contributed by atoms with Crippen molar-refractivity contribution >= 4 is 10.1 Å². The Morgan fingerprint density at radius 1 is 1.42 bits per heavy atom. The Morgan fingerprint density at radius 2 is 2.16 bits per heavy atom. The topological polar surface area (TPSA) is 69.4 Å². The van der Waals surface area contributed by atoms with Crippen LogP contribution in [0.4, 0.5) is 0 Å². The molecule has 6 heteroatoms. The average Bonchev–Trinajstić information content (AvgIpc) is 2.94. The zero-order chi connectivity index (χ0) is 20.7. The predicted molar refractivity (Wildman–Crippen MR) is 71.2 cm³/mol. The monoisotopic (exact) mass is 289 g/mol. The zero-order valence-corrected chi connectivity index (χ0v) is 10.7. The summed E-state index contributed by atoms with van der Waals surface area (Å²) in [5.41, 5.74) is -0.540. The van der Waals surface area contributed by atoms with E-state index in [1.165, 1.54) is 0 Å². The van der Waals surface area contributed by atoms with E-state index in [2.05, 4.69) is 9.17 Å². The zero-order valence-electron chi connectivity index (χ0n) is 17.9. The van der Waals surface area contributed by atoms with Crippen molar-refractivity contribution in [3.8, 4) is 11.5 Å². The number of rotatable bonds is 5. The molecule has 1 aromatic heterocycles. The molecule has 5 nitrogen and oxygen atoms in total. The molecule has 0 saturated carbocycles. The average molecular weight is 289 g/mol. The van der Waals surface area contributed by atoms with Gasteiger partial charge in [-0.25, -0.2) is 4.98 Å². The van der Waals surface area contributed by atoms with Crippen molar-refractivity contribution in [1.29, 1.82) is 0 Å². The van der Waals surface area contributed by atoms with Crippen LogP contribution in [0.25, 0.3) is 11.5 Å². The maximum atomic E-state index is 11.0. The molecule has 0 aliphatic carbocycles. The minimum absolute atomic E-state index is 0.152. The van der Waals surface area contributed by atoms with Gasteiger partial charge in [0.05, 0.1) is 25.4 Å². The molecule has 2 rings (SSSR count). The summed E-state index contributed by atoms with van der Waals surface area (Å²) in [4.78, 5) is 3.93. The van der Waals surface area contributed by atoms with Gasteiger partial charge in [-0.05, 0) is 18.9 Å². The number of aryl methyl sites for hydroxylation is 1. The number of nitrogens with zero attached hydrogens (tertiary/aromatic N) is 1. The molecule has 0 aliphatic heterocycles. The molecule has 0 saturated heterocycles. The fourth-order valence-electron chi connectivity index (χ4n) is 1.27. The van der Waals surface area contributed by atoms with Crippen LogP contribution < -0.4 is 0 Å². The Kier molecular flexibility index (Phi) is 1.95. The lowest BCUT2D eigenvalue weighted by molar-refractivity contribution is 0.324. The quantitative estimate of drug-likeness (QED) is 0.789. The Labute approximate surface area is 123 Å². The van der Waals surface area contributed by atoms with Crippen molar-refractivity contribution in [3.05, 3.63) is 41.7 Å². The van der Waals surface area contributed by atoms with Gasteiger partial charge < -0.3 is 4.42 Å². The van der Waals surface area contributed by atoms with Crippen molar-refractivity contribution in [3.63, 3.8) is 0 Å². The molecule has 2 aromatic rings. The lowest BCUT2D eigenvalue weighted by atomic mass is 10.2. The molecule has 102 valence electrons. The highest BCUT2D eigenvalue weighted by molar-refractivity contribution is 7.85. The number of hydrogen-bond acceptors (Lipinski definition) is 5. The van der Waals surface area contributed by atoms with Crippen LogP contribution in [0.3, 0.4) is 0 Å². The van der Waals surface area contributed by atoms with Crippen molar-refractivity contribution in [2.24, 2.45) is 0 Å². The number of benzene rings is 1. The first-order valence-electron chi connectivity index (χ1n) is 9.16. The standard InChI is InChI=1S/C13H15NO4S/c1-10-12(8-9-17-19(2,15)16)14-13(18-10)11-6-4-3-5-7-11/h3-7H,8-9H2,1-2H3/i1D3,3D,4D,5D,6D,7D. The normalized spacial score (nSPS) is 18.4. The largest absolute Gasteiger partial charge is 0.441 e. The van der Waals surface area contributed by atoms with Crippen LogP contribution in [0, 0.1) is 6.85 Å². The summed E-state index contributed by atoms with van der Waals surface area (Å²) in [6.45, 7) is -3.15. The summed E-state index contributed by atoms with van der Waals surface area (Å²) in [7, 11) is -3.75. The van der Waals surface area contributed by atoms with E-state index in [9.17, 15) is 8.42 Å². The molecule has 0 unspecified atom stereocenters. The molecular weight excluding hydrogens is 266 g/mol. The summed E-state index contributed by atoms with van der Waals surface area (Å²) < 4.78 is 93.2. The Hall–Kier alpha value is -1.66. The minimum atomic E-state index is -3.75. The fraction of sp³-hybridized carbons (Fsp3) is 0.308. The predicted octanol–water partition coefficient (Wildman–Crippen LogP) is 2.17. The highest BCUT2D eigenvalue weighted by Crippen LogP contribution is 2.21. The molecule has 1 aromatic carbocycles. The molecule has 0 spiro atoms. The highest BCUT2D eigenvalue weighted by Gasteiger charge is 2.12. The summed E-state index contributed by atoms with van der Waals surface area (Å²) in [6.07, 6.45) is 0.599. The van der Waals surface area contributed by atoms with E-state index >= 15 is 0 Å². The van der Waals surface area contributed by atoms with Crippen molar-refractivity contribution in [2.75, 3.05) is 12.9 Å². The van der Waals surface area contributed by atoms with Gasteiger partial charge in [0, 0.05) is 16.1 Å². The molecule has 0 N–H and O–H groups in total. The van der Waals surface area contributed by atoms with Gasteiger partial charge in [-0.1, -0.05) is 18.1 Å². The molecule has 0 atom stereocenters. The third-order valence-electron chi connectivity index (χ3n) is 2.05. The first kappa shape index (κ1) is 6.67. The first-order chi connectivity index (χ1) is 12.2. The molecular formula is C13H15NO4S. The van der Waals surface area contributed by atoms with Gasteiger partial charge >= 0.3 is 0 Å². The number of oxazole rings is 1. The smallest absolute Gasteiger partial charge is 0.264 e. The van der Waals surface area contributed by atoms with Crippen LogP contribution in [0.5, 0.6) is 0 Å². The van der Waals surface area contributed by atoms with Gasteiger partial charge in [-0.2, -0.15) is 8.42 Å². The number of hydrogen-bond donors (Lipinski definition) is 0. The highest BCUT2D eigenvalue weighted by atomic mass is 32.2. The van der Waals surface area contributed by atoms with E-state index in [0.717, 1.165) is 6.26 Å². The van der Waals surface area contributed by atoms with Gasteiger partial charge in [0.15, 0.2) is 0 Å². The number of aromatic nitrogens is 1. The Balaban J connectivity index is 2.57. The van der Waals surface area contributed by atoms with Crippen molar-refractivity contribution < 1.29 is 28.0 Å². The Bertz CT molecular complexity index is 954. The summed E-state index contributed by atoms with van der Waals surface area (Å²) in [6, 6.07) is -3.06. The molecule has 0 bridgehead atoms. The summed E-state index contributed by atoms with van der Waals surface area (Å²) in [5, 5.41) is 0. The molecule has 1 heterocycles. The third-order valence-corrected chi connectivity index (χ3v) is 2.64. The van der Waals surface area contributed by atoms with Gasteiger partial charge in [0.1, 0.15) is 5.76 Å². The Morgan fingerprint density at radius 3 is 2.79 bits per heavy atom. The fourth-order valence-corrected chi connectivity index (χ4v) is 1.66. The van der Waals surface area contributed by atoms with Crippen LogP contribution >= 0.6 is 0 Å². The van der Waals surface area contributed by atoms with Crippen LogP contribution in [0.15, 0.2) is 34.6 Å². The molecule has 0 amide bonds. The summed E-state index contributed by atoms with van der Waals surface area (Å²) in [5.74, 6) is -1.03. The second kappa shape index (κ2) is 5.54. The van der Waals surface area contributed by atoms with Crippen molar-refractivity contribution in [2.45, 2.75) is 13.3 Å². The van der Waals surface area contributed by atoms with E-state index in [1.807, 2.05) is 0 Å². The van der Waals surface area contributed by atoms with E-state index in [1.54, 1.807) is 0 Å². The van der Waals surface area contributed by atoms with Gasteiger partial charge in [0.25, 0.3) is 10.1 Å². The maximum absolute atomic E-state index is 11.0. The van der Waals surface area contributed by atoms with E-state index < -0.39 is 65.4 Å². The second-order valence-corrected chi connectivity index (χ2v) is 5.21. The van der Waals surface area contributed by atoms with Gasteiger partial charge in [0.2, 0.25) is 5.89 Å². The van der Waals surface area contributed by atoms with Gasteiger partial charge in [-0.15, -0.1) is 0 Å². The lowest BCUT2D eigenvalue weighted by Gasteiger charge is -1.98. The third kappa shape index (κ3) is 3.90. The van der Waals surface area contributed by atoms with Gasteiger partial charge in [-0.3, -0.25) is 4.18 Å². The summed E-state index contributed by atoms with van der Waals surface area (Å²) >= 11 is 0. The SMILES string of the molecule is [2H]c1c([2H])c([2H])c(-c2nc(CCOS(C)(=O)=O)c(C([2H])([2H])[2H])o2)c([2H])c1[2H]. The van der Waals surface area contributed by atoms with E-state index in [4.69, 9.17) is 15.4 Å². The molecule has 0 aliphatic rings. The van der Waals surface area contributed by atoms with E-state index in [-0.39, 0.29) is 17.7 Å². The lowest BCUT2D eigenvalue weighted by Crippen LogP contribution is -2.06. The minimum Gasteiger partial charge on any atom is -0.441 e. The van der Waals surface area contributed by atoms with Crippen LogP contribution in [-0.2, 0) is 20.7 Å². The molecule has 0 fully saturated rings. The maximum Gasteiger partial charge on any atom is 0.264 e. The van der Waals surface area contributed by atoms with Crippen LogP contribution in [0.2, 0.25) is 0 Å². The molecule has 0 radical (unpaired) electrons.